The molecule has 3 nitrogen and oxygen atoms in total. The first-order chi connectivity index (χ1) is 7.34. The number of morpholine rings is 1. The molecule has 0 saturated carbocycles. The van der Waals surface area contributed by atoms with Crippen molar-refractivity contribution in [2.75, 3.05) is 26.3 Å². The van der Waals surface area contributed by atoms with Gasteiger partial charge in [0, 0.05) is 17.6 Å². The Morgan fingerprint density at radius 1 is 1.53 bits per heavy atom. The van der Waals surface area contributed by atoms with E-state index in [-0.39, 0.29) is 6.10 Å². The minimum Gasteiger partial charge on any atom is -0.491 e. The molecular weight excluding hydrogens is 258 g/mol. The minimum atomic E-state index is 0.165. The SMILES string of the molecule is Brc1cccc(OC[C@@H]2CNCCO2)c1. The molecule has 4 heteroatoms. The van der Waals surface area contributed by atoms with Gasteiger partial charge >= 0.3 is 0 Å². The topological polar surface area (TPSA) is 30.5 Å². The van der Waals surface area contributed by atoms with Gasteiger partial charge in [0.15, 0.2) is 0 Å². The number of nitrogens with one attached hydrogen (secondary N) is 1. The first kappa shape index (κ1) is 10.9. The van der Waals surface area contributed by atoms with Crippen molar-refractivity contribution in [3.63, 3.8) is 0 Å². The molecule has 0 spiro atoms. The van der Waals surface area contributed by atoms with Crippen LogP contribution in [0.3, 0.4) is 0 Å². The van der Waals surface area contributed by atoms with Crippen LogP contribution in [-0.2, 0) is 4.74 Å². The Bertz CT molecular complexity index is 313. The summed E-state index contributed by atoms with van der Waals surface area (Å²) in [6.07, 6.45) is 0.165. The Balaban J connectivity index is 1.81. The van der Waals surface area contributed by atoms with E-state index in [1.165, 1.54) is 0 Å². The standard InChI is InChI=1S/C11H14BrNO2/c12-9-2-1-3-10(6-9)15-8-11-7-13-4-5-14-11/h1-3,6,11,13H,4-5,7-8H2/t11-/m0/s1. The van der Waals surface area contributed by atoms with Crippen LogP contribution in [0.5, 0.6) is 5.75 Å². The van der Waals surface area contributed by atoms with E-state index >= 15 is 0 Å². The highest BCUT2D eigenvalue weighted by Gasteiger charge is 2.13. The van der Waals surface area contributed by atoms with E-state index < -0.39 is 0 Å². The van der Waals surface area contributed by atoms with Gasteiger partial charge in [0.05, 0.1) is 6.61 Å². The zero-order valence-corrected chi connectivity index (χ0v) is 10.00. The molecule has 82 valence electrons. The molecule has 0 radical (unpaired) electrons. The summed E-state index contributed by atoms with van der Waals surface area (Å²) in [6, 6.07) is 7.84. The second-order valence-corrected chi connectivity index (χ2v) is 4.38. The molecular formula is C11H14BrNO2. The maximum absolute atomic E-state index is 5.63. The largest absolute Gasteiger partial charge is 0.491 e. The summed E-state index contributed by atoms with van der Waals surface area (Å²) < 4.78 is 12.2. The molecule has 1 aliphatic heterocycles. The zero-order valence-electron chi connectivity index (χ0n) is 8.41. The zero-order chi connectivity index (χ0) is 10.5. The molecule has 1 heterocycles. The van der Waals surface area contributed by atoms with Crippen molar-refractivity contribution in [1.29, 1.82) is 0 Å². The van der Waals surface area contributed by atoms with Gasteiger partial charge in [0.2, 0.25) is 0 Å². The molecule has 1 aliphatic rings. The Hall–Kier alpha value is -0.580. The molecule has 0 unspecified atom stereocenters. The Kier molecular flexibility index (Phi) is 4.00. The lowest BCUT2D eigenvalue weighted by molar-refractivity contribution is 0.000184. The molecule has 0 amide bonds. The van der Waals surface area contributed by atoms with Gasteiger partial charge < -0.3 is 14.8 Å². The third kappa shape index (κ3) is 3.48. The number of ether oxygens (including phenoxy) is 2. The average Bonchev–Trinajstić information content (AvgIpc) is 2.28. The van der Waals surface area contributed by atoms with E-state index in [4.69, 9.17) is 9.47 Å². The lowest BCUT2D eigenvalue weighted by Crippen LogP contribution is -2.41. The third-order valence-corrected chi connectivity index (χ3v) is 2.73. The van der Waals surface area contributed by atoms with Gasteiger partial charge in [0.1, 0.15) is 18.5 Å². The highest BCUT2D eigenvalue weighted by molar-refractivity contribution is 9.10. The van der Waals surface area contributed by atoms with Gasteiger partial charge in [-0.3, -0.25) is 0 Å². The predicted octanol–water partition coefficient (Wildman–Crippen LogP) is 1.82. The number of hydrogen-bond donors (Lipinski definition) is 1. The van der Waals surface area contributed by atoms with Crippen molar-refractivity contribution in [2.45, 2.75) is 6.10 Å². The summed E-state index contributed by atoms with van der Waals surface area (Å²) >= 11 is 3.40. The molecule has 15 heavy (non-hydrogen) atoms. The van der Waals surface area contributed by atoms with Gasteiger partial charge in [-0.05, 0) is 18.2 Å². The van der Waals surface area contributed by atoms with E-state index in [0.717, 1.165) is 29.9 Å². The van der Waals surface area contributed by atoms with Crippen molar-refractivity contribution in [3.8, 4) is 5.75 Å². The predicted molar refractivity (Wildman–Crippen MR) is 62.2 cm³/mol. The quantitative estimate of drug-likeness (QED) is 0.910. The summed E-state index contributed by atoms with van der Waals surface area (Å²) in [6.45, 7) is 3.18. The summed E-state index contributed by atoms with van der Waals surface area (Å²) in [4.78, 5) is 0. The maximum atomic E-state index is 5.63. The normalized spacial score (nSPS) is 21.3. The molecule has 1 N–H and O–H groups in total. The van der Waals surface area contributed by atoms with Gasteiger partial charge in [-0.2, -0.15) is 0 Å². The van der Waals surface area contributed by atoms with Gasteiger partial charge in [-0.1, -0.05) is 22.0 Å². The fourth-order valence-corrected chi connectivity index (χ4v) is 1.85. The number of benzene rings is 1. The Morgan fingerprint density at radius 2 is 2.47 bits per heavy atom. The van der Waals surface area contributed by atoms with Crippen LogP contribution in [0.4, 0.5) is 0 Å². The van der Waals surface area contributed by atoms with Crippen molar-refractivity contribution in [3.05, 3.63) is 28.7 Å². The highest BCUT2D eigenvalue weighted by Crippen LogP contribution is 2.18. The first-order valence-corrected chi connectivity index (χ1v) is 5.84. The van der Waals surface area contributed by atoms with Crippen LogP contribution in [0.15, 0.2) is 28.7 Å². The second kappa shape index (κ2) is 5.49. The fraction of sp³-hybridized carbons (Fsp3) is 0.455. The van der Waals surface area contributed by atoms with Crippen molar-refractivity contribution in [1.82, 2.24) is 5.32 Å². The highest BCUT2D eigenvalue weighted by atomic mass is 79.9. The van der Waals surface area contributed by atoms with E-state index in [1.54, 1.807) is 0 Å². The van der Waals surface area contributed by atoms with Crippen LogP contribution in [0.1, 0.15) is 0 Å². The van der Waals surface area contributed by atoms with Crippen LogP contribution in [0.2, 0.25) is 0 Å². The van der Waals surface area contributed by atoms with Crippen LogP contribution in [0, 0.1) is 0 Å². The average molecular weight is 272 g/mol. The molecule has 2 rings (SSSR count). The smallest absolute Gasteiger partial charge is 0.120 e. The molecule has 1 atom stereocenters. The molecule has 0 aliphatic carbocycles. The number of hydrogen-bond acceptors (Lipinski definition) is 3. The summed E-state index contributed by atoms with van der Waals surface area (Å²) in [5.74, 6) is 0.874. The Morgan fingerprint density at radius 3 is 3.20 bits per heavy atom. The van der Waals surface area contributed by atoms with Gasteiger partial charge in [0.25, 0.3) is 0 Å². The van der Waals surface area contributed by atoms with Crippen LogP contribution in [0.25, 0.3) is 0 Å². The molecule has 1 aromatic rings. The summed E-state index contributed by atoms with van der Waals surface area (Å²) in [7, 11) is 0. The fourth-order valence-electron chi connectivity index (χ4n) is 1.47. The van der Waals surface area contributed by atoms with Crippen LogP contribution >= 0.6 is 15.9 Å². The van der Waals surface area contributed by atoms with Gasteiger partial charge in [-0.25, -0.2) is 0 Å². The summed E-state index contributed by atoms with van der Waals surface area (Å²) in [5, 5.41) is 3.27. The summed E-state index contributed by atoms with van der Waals surface area (Å²) in [5.41, 5.74) is 0. The van der Waals surface area contributed by atoms with Crippen molar-refractivity contribution in [2.24, 2.45) is 0 Å². The molecule has 0 bridgehead atoms. The second-order valence-electron chi connectivity index (χ2n) is 3.47. The number of rotatable bonds is 3. The molecule has 1 saturated heterocycles. The van der Waals surface area contributed by atoms with E-state index in [0.29, 0.717) is 6.61 Å². The lowest BCUT2D eigenvalue weighted by atomic mass is 10.3. The van der Waals surface area contributed by atoms with Crippen molar-refractivity contribution >= 4 is 15.9 Å². The van der Waals surface area contributed by atoms with Gasteiger partial charge in [-0.15, -0.1) is 0 Å². The lowest BCUT2D eigenvalue weighted by Gasteiger charge is -2.23. The first-order valence-electron chi connectivity index (χ1n) is 5.05. The van der Waals surface area contributed by atoms with Crippen molar-refractivity contribution < 1.29 is 9.47 Å². The molecule has 1 aromatic carbocycles. The van der Waals surface area contributed by atoms with E-state index in [9.17, 15) is 0 Å². The molecule has 1 fully saturated rings. The van der Waals surface area contributed by atoms with Crippen LogP contribution < -0.4 is 10.1 Å². The van der Waals surface area contributed by atoms with E-state index in [1.807, 2.05) is 24.3 Å². The third-order valence-electron chi connectivity index (χ3n) is 2.24. The number of halogens is 1. The van der Waals surface area contributed by atoms with E-state index in [2.05, 4.69) is 21.2 Å². The minimum absolute atomic E-state index is 0.165. The molecule has 0 aromatic heterocycles. The maximum Gasteiger partial charge on any atom is 0.120 e. The monoisotopic (exact) mass is 271 g/mol. The van der Waals surface area contributed by atoms with Crippen LogP contribution in [-0.4, -0.2) is 32.4 Å². The Labute approximate surface area is 97.9 Å².